The van der Waals surface area contributed by atoms with Crippen LogP contribution in [0.2, 0.25) is 0 Å². The lowest BCUT2D eigenvalue weighted by Crippen LogP contribution is -2.44. The molecule has 1 fully saturated rings. The number of carbonyl (C=O) groups excluding carboxylic acids is 1. The van der Waals surface area contributed by atoms with Crippen molar-refractivity contribution in [1.29, 1.82) is 0 Å². The summed E-state index contributed by atoms with van der Waals surface area (Å²) in [6.45, 7) is 7.41. The van der Waals surface area contributed by atoms with Gasteiger partial charge in [0.05, 0.1) is 20.3 Å². The molecule has 1 N–H and O–H groups in total. The van der Waals surface area contributed by atoms with Gasteiger partial charge >= 0.3 is 6.03 Å². The van der Waals surface area contributed by atoms with Crippen LogP contribution in [-0.4, -0.2) is 62.3 Å². The number of hydrogen-bond acceptors (Lipinski definition) is 4. The smallest absolute Gasteiger partial charge is 0.322 e. The molecule has 1 aliphatic heterocycles. The van der Waals surface area contributed by atoms with Crippen molar-refractivity contribution in [1.82, 2.24) is 9.80 Å². The number of morpholine rings is 1. The molecule has 0 atom stereocenters. The lowest BCUT2D eigenvalue weighted by atomic mass is 10.2. The van der Waals surface area contributed by atoms with Crippen LogP contribution < -0.4 is 10.1 Å². The number of nitrogens with zero attached hydrogens (tertiary/aromatic N) is 2. The van der Waals surface area contributed by atoms with Gasteiger partial charge in [0.25, 0.3) is 0 Å². The topological polar surface area (TPSA) is 54.0 Å². The largest absolute Gasteiger partial charge is 0.497 e. The number of methoxy groups -OCH3 is 1. The quantitative estimate of drug-likeness (QED) is 0.797. The minimum atomic E-state index is -0.0899. The summed E-state index contributed by atoms with van der Waals surface area (Å²) in [7, 11) is 1.65. The summed E-state index contributed by atoms with van der Waals surface area (Å²) in [6, 6.07) is 15.6. The molecule has 3 rings (SSSR count). The van der Waals surface area contributed by atoms with Crippen molar-refractivity contribution in [3.8, 4) is 5.75 Å². The van der Waals surface area contributed by atoms with E-state index < -0.39 is 0 Å². The van der Waals surface area contributed by atoms with Gasteiger partial charge in [-0.3, -0.25) is 4.90 Å². The Balaban J connectivity index is 1.66. The van der Waals surface area contributed by atoms with Gasteiger partial charge in [-0.15, -0.1) is 0 Å². The van der Waals surface area contributed by atoms with Crippen LogP contribution in [0, 0.1) is 6.92 Å². The number of aryl methyl sites for hydroxylation is 1. The summed E-state index contributed by atoms with van der Waals surface area (Å²) < 4.78 is 10.6. The fourth-order valence-electron chi connectivity index (χ4n) is 3.13. The Kier molecular flexibility index (Phi) is 7.28. The number of anilines is 1. The Bertz CT molecular complexity index is 741. The van der Waals surface area contributed by atoms with Crippen molar-refractivity contribution in [3.63, 3.8) is 0 Å². The molecule has 1 saturated heterocycles. The van der Waals surface area contributed by atoms with E-state index in [0.29, 0.717) is 13.1 Å². The highest BCUT2D eigenvalue weighted by Crippen LogP contribution is 2.15. The van der Waals surface area contributed by atoms with E-state index >= 15 is 0 Å². The predicted octanol–water partition coefficient (Wildman–Crippen LogP) is 3.37. The summed E-state index contributed by atoms with van der Waals surface area (Å²) in [5, 5.41) is 3.02. The molecule has 1 heterocycles. The van der Waals surface area contributed by atoms with Gasteiger partial charge in [0.1, 0.15) is 5.75 Å². The van der Waals surface area contributed by atoms with Gasteiger partial charge in [-0.05, 0) is 36.8 Å². The van der Waals surface area contributed by atoms with Gasteiger partial charge in [0.2, 0.25) is 0 Å². The SMILES string of the molecule is COc1ccc(CN(CCN2CCOCC2)C(=O)Nc2ccc(C)cc2)cc1. The van der Waals surface area contributed by atoms with Crippen LogP contribution in [0.4, 0.5) is 10.5 Å². The Morgan fingerprint density at radius 1 is 1.11 bits per heavy atom. The fraction of sp³-hybridized carbons (Fsp3) is 0.409. The Labute approximate surface area is 167 Å². The van der Waals surface area contributed by atoms with Crippen LogP contribution in [0.5, 0.6) is 5.75 Å². The van der Waals surface area contributed by atoms with Crippen molar-refractivity contribution < 1.29 is 14.3 Å². The number of benzene rings is 2. The van der Waals surface area contributed by atoms with Crippen LogP contribution in [0.3, 0.4) is 0 Å². The molecule has 6 nitrogen and oxygen atoms in total. The third-order valence-corrected chi connectivity index (χ3v) is 4.91. The molecule has 0 aliphatic carbocycles. The van der Waals surface area contributed by atoms with E-state index in [-0.39, 0.29) is 6.03 Å². The number of urea groups is 1. The molecular formula is C22H29N3O3. The second kappa shape index (κ2) is 10.1. The molecule has 0 unspecified atom stereocenters. The van der Waals surface area contributed by atoms with E-state index in [9.17, 15) is 4.79 Å². The first kappa shape index (κ1) is 20.2. The number of rotatable bonds is 7. The van der Waals surface area contributed by atoms with Gasteiger partial charge in [-0.25, -0.2) is 4.79 Å². The van der Waals surface area contributed by atoms with E-state index in [1.165, 1.54) is 5.56 Å². The summed E-state index contributed by atoms with van der Waals surface area (Å²) in [4.78, 5) is 17.1. The van der Waals surface area contributed by atoms with Gasteiger partial charge in [-0.2, -0.15) is 0 Å². The van der Waals surface area contributed by atoms with Crippen LogP contribution in [-0.2, 0) is 11.3 Å². The van der Waals surface area contributed by atoms with Gasteiger partial charge < -0.3 is 19.7 Å². The maximum absolute atomic E-state index is 12.9. The van der Waals surface area contributed by atoms with Crippen molar-refractivity contribution in [2.75, 3.05) is 51.8 Å². The average molecular weight is 383 g/mol. The zero-order valence-electron chi connectivity index (χ0n) is 16.7. The highest BCUT2D eigenvalue weighted by atomic mass is 16.5. The van der Waals surface area contributed by atoms with Crippen molar-refractivity contribution in [2.45, 2.75) is 13.5 Å². The second-order valence-electron chi connectivity index (χ2n) is 7.02. The monoisotopic (exact) mass is 383 g/mol. The van der Waals surface area contributed by atoms with E-state index in [1.807, 2.05) is 60.4 Å². The molecule has 0 spiro atoms. The molecule has 2 aromatic carbocycles. The Morgan fingerprint density at radius 2 is 1.79 bits per heavy atom. The lowest BCUT2D eigenvalue weighted by Gasteiger charge is -2.30. The van der Waals surface area contributed by atoms with E-state index in [1.54, 1.807) is 7.11 Å². The first-order chi connectivity index (χ1) is 13.6. The highest BCUT2D eigenvalue weighted by molar-refractivity contribution is 5.89. The minimum absolute atomic E-state index is 0.0899. The lowest BCUT2D eigenvalue weighted by molar-refractivity contribution is 0.0349. The van der Waals surface area contributed by atoms with Crippen molar-refractivity contribution in [2.24, 2.45) is 0 Å². The fourth-order valence-corrected chi connectivity index (χ4v) is 3.13. The second-order valence-corrected chi connectivity index (χ2v) is 7.02. The molecule has 0 bridgehead atoms. The molecule has 28 heavy (non-hydrogen) atoms. The third kappa shape index (κ3) is 5.97. The average Bonchev–Trinajstić information content (AvgIpc) is 2.74. The molecule has 0 saturated carbocycles. The third-order valence-electron chi connectivity index (χ3n) is 4.91. The number of carbonyl (C=O) groups is 1. The van der Waals surface area contributed by atoms with Gasteiger partial charge in [-0.1, -0.05) is 29.8 Å². The number of hydrogen-bond donors (Lipinski definition) is 1. The van der Waals surface area contributed by atoms with E-state index in [2.05, 4.69) is 10.2 Å². The number of nitrogens with one attached hydrogen (secondary N) is 1. The Morgan fingerprint density at radius 3 is 2.43 bits per heavy atom. The normalized spacial score (nSPS) is 14.5. The molecule has 2 amide bonds. The predicted molar refractivity (Wildman–Crippen MR) is 111 cm³/mol. The first-order valence-corrected chi connectivity index (χ1v) is 9.69. The first-order valence-electron chi connectivity index (χ1n) is 9.69. The van der Waals surface area contributed by atoms with Crippen LogP contribution in [0.15, 0.2) is 48.5 Å². The summed E-state index contributed by atoms with van der Waals surface area (Å²) in [6.07, 6.45) is 0. The zero-order chi connectivity index (χ0) is 19.8. The molecular weight excluding hydrogens is 354 g/mol. The molecule has 150 valence electrons. The minimum Gasteiger partial charge on any atom is -0.497 e. The molecule has 0 radical (unpaired) electrons. The molecule has 0 aromatic heterocycles. The van der Waals surface area contributed by atoms with Gasteiger partial charge in [0.15, 0.2) is 0 Å². The molecule has 6 heteroatoms. The van der Waals surface area contributed by atoms with Crippen molar-refractivity contribution in [3.05, 3.63) is 59.7 Å². The number of amides is 2. The summed E-state index contributed by atoms with van der Waals surface area (Å²) >= 11 is 0. The Hall–Kier alpha value is -2.57. The molecule has 2 aromatic rings. The van der Waals surface area contributed by atoms with Gasteiger partial charge in [0, 0.05) is 38.4 Å². The zero-order valence-corrected chi connectivity index (χ0v) is 16.7. The maximum atomic E-state index is 12.9. The van der Waals surface area contributed by atoms with E-state index in [4.69, 9.17) is 9.47 Å². The van der Waals surface area contributed by atoms with Crippen molar-refractivity contribution >= 4 is 11.7 Å². The van der Waals surface area contributed by atoms with Crippen LogP contribution in [0.25, 0.3) is 0 Å². The highest BCUT2D eigenvalue weighted by Gasteiger charge is 2.17. The van der Waals surface area contributed by atoms with Crippen LogP contribution >= 0.6 is 0 Å². The standard InChI is InChI=1S/C22H29N3O3/c1-18-3-7-20(8-4-18)23-22(26)25(12-11-24-13-15-28-16-14-24)17-19-5-9-21(27-2)10-6-19/h3-10H,11-17H2,1-2H3,(H,23,26). The maximum Gasteiger partial charge on any atom is 0.322 e. The molecule has 1 aliphatic rings. The summed E-state index contributed by atoms with van der Waals surface area (Å²) in [5.41, 5.74) is 3.05. The number of ether oxygens (including phenoxy) is 2. The van der Waals surface area contributed by atoms with Crippen LogP contribution in [0.1, 0.15) is 11.1 Å². The summed E-state index contributed by atoms with van der Waals surface area (Å²) in [5.74, 6) is 0.813. The van der Waals surface area contributed by atoms with E-state index in [0.717, 1.165) is 49.8 Å².